The zero-order valence-corrected chi connectivity index (χ0v) is 17.4. The van der Waals surface area contributed by atoms with Gasteiger partial charge in [-0.2, -0.15) is 5.10 Å². The predicted molar refractivity (Wildman–Crippen MR) is 113 cm³/mol. The van der Waals surface area contributed by atoms with Crippen LogP contribution in [0.3, 0.4) is 0 Å². The zero-order valence-electron chi connectivity index (χ0n) is 17.4. The molecule has 2 fully saturated rings. The van der Waals surface area contributed by atoms with Gasteiger partial charge in [0.05, 0.1) is 29.8 Å². The van der Waals surface area contributed by atoms with Crippen LogP contribution in [-0.2, 0) is 14.4 Å². The summed E-state index contributed by atoms with van der Waals surface area (Å²) in [5.41, 5.74) is 1.33. The normalized spacial score (nSPS) is 26.7. The molecule has 2 aromatic carbocycles. The third-order valence-electron chi connectivity index (χ3n) is 6.39. The van der Waals surface area contributed by atoms with Crippen molar-refractivity contribution in [1.82, 2.24) is 5.01 Å². The lowest BCUT2D eigenvalue weighted by Crippen LogP contribution is -2.48. The molecule has 7 heteroatoms. The third-order valence-corrected chi connectivity index (χ3v) is 6.39. The summed E-state index contributed by atoms with van der Waals surface area (Å²) in [7, 11) is 0. The topological polar surface area (TPSA) is 70.0 Å². The second-order valence-corrected chi connectivity index (χ2v) is 9.30. The Kier molecular flexibility index (Phi) is 4.16. The van der Waals surface area contributed by atoms with Crippen LogP contribution in [0, 0.1) is 23.1 Å². The van der Waals surface area contributed by atoms with Crippen molar-refractivity contribution in [2.75, 3.05) is 4.90 Å². The second-order valence-electron chi connectivity index (χ2n) is 9.30. The summed E-state index contributed by atoms with van der Waals surface area (Å²) in [4.78, 5) is 41.7. The first-order chi connectivity index (χ1) is 14.7. The van der Waals surface area contributed by atoms with E-state index in [1.54, 1.807) is 32.0 Å². The van der Waals surface area contributed by atoms with Gasteiger partial charge in [0.1, 0.15) is 11.9 Å². The van der Waals surface area contributed by atoms with E-state index in [9.17, 15) is 18.8 Å². The molecule has 0 aliphatic carbocycles. The first-order valence-electron chi connectivity index (χ1n) is 10.3. The van der Waals surface area contributed by atoms with Crippen molar-refractivity contribution in [1.29, 1.82) is 0 Å². The fourth-order valence-electron chi connectivity index (χ4n) is 4.96. The van der Waals surface area contributed by atoms with E-state index in [1.807, 2.05) is 24.3 Å². The molecule has 158 valence electrons. The number of rotatable bonds is 2. The van der Waals surface area contributed by atoms with Gasteiger partial charge in [0.25, 0.3) is 0 Å². The molecule has 3 aliphatic rings. The minimum absolute atomic E-state index is 0.136. The lowest BCUT2D eigenvalue weighted by Gasteiger charge is -2.35. The highest BCUT2D eigenvalue weighted by Gasteiger charge is 2.66. The van der Waals surface area contributed by atoms with Crippen LogP contribution in [0.5, 0.6) is 0 Å². The van der Waals surface area contributed by atoms with Gasteiger partial charge in [-0.05, 0) is 35.4 Å². The summed E-state index contributed by atoms with van der Waals surface area (Å²) in [6.45, 7) is 5.41. The highest BCUT2D eigenvalue weighted by Crippen LogP contribution is 2.53. The monoisotopic (exact) mass is 419 g/mol. The van der Waals surface area contributed by atoms with Crippen LogP contribution in [0.2, 0.25) is 0 Å². The van der Waals surface area contributed by atoms with Crippen LogP contribution in [0.15, 0.2) is 53.6 Å². The molecule has 0 saturated carbocycles. The molecule has 0 bridgehead atoms. The Bertz CT molecular complexity index is 1140. The molecule has 2 saturated heterocycles. The molecule has 0 radical (unpaired) electrons. The molecule has 0 aromatic heterocycles. The van der Waals surface area contributed by atoms with E-state index in [-0.39, 0.29) is 11.7 Å². The van der Waals surface area contributed by atoms with Crippen LogP contribution in [0.25, 0.3) is 0 Å². The van der Waals surface area contributed by atoms with Crippen molar-refractivity contribution in [2.45, 2.75) is 32.9 Å². The first kappa shape index (κ1) is 19.6. The molecular weight excluding hydrogens is 397 g/mol. The predicted octanol–water partition coefficient (Wildman–Crippen LogP) is 3.32. The van der Waals surface area contributed by atoms with Crippen molar-refractivity contribution in [3.8, 4) is 0 Å². The molecule has 0 N–H and O–H groups in total. The number of halogens is 1. The summed E-state index contributed by atoms with van der Waals surface area (Å²) in [5, 5.41) is 6.18. The summed E-state index contributed by atoms with van der Waals surface area (Å²) in [6, 6.07) is 11.5. The lowest BCUT2D eigenvalue weighted by atomic mass is 9.79. The van der Waals surface area contributed by atoms with Crippen LogP contribution < -0.4 is 4.90 Å². The van der Waals surface area contributed by atoms with E-state index in [4.69, 9.17) is 0 Å². The molecule has 3 heterocycles. The van der Waals surface area contributed by atoms with Gasteiger partial charge in [-0.25, -0.2) is 9.29 Å². The number of fused-ring (bicyclic) bond motifs is 5. The average Bonchev–Trinajstić information content (AvgIpc) is 3.20. The molecule has 2 aromatic rings. The minimum Gasteiger partial charge on any atom is -0.297 e. The number of hydrogen-bond acceptors (Lipinski definition) is 5. The molecule has 5 rings (SSSR count). The number of Topliss-reactive ketones (excluding diaryl/α,β-unsaturated/α-hetero) is 1. The largest absolute Gasteiger partial charge is 0.297 e. The SMILES string of the molecule is CC(C)(C)C(=O)[C@H]1[C@H]2C(=O)N(c3ccc(F)cc3)C(=O)[C@H]2[C@H]2c3ccccc3C=NN21. The van der Waals surface area contributed by atoms with E-state index in [1.165, 1.54) is 24.3 Å². The van der Waals surface area contributed by atoms with Gasteiger partial charge >= 0.3 is 0 Å². The maximum Gasteiger partial charge on any atom is 0.240 e. The Morgan fingerprint density at radius 1 is 0.968 bits per heavy atom. The fourth-order valence-corrected chi connectivity index (χ4v) is 4.96. The number of hydrogen-bond donors (Lipinski definition) is 0. The molecule has 3 aliphatic heterocycles. The number of anilines is 1. The number of benzene rings is 2. The van der Waals surface area contributed by atoms with Gasteiger partial charge in [0.2, 0.25) is 11.8 Å². The number of nitrogens with zero attached hydrogens (tertiary/aromatic N) is 3. The summed E-state index contributed by atoms with van der Waals surface area (Å²) in [5.74, 6) is -3.00. The molecule has 4 atom stereocenters. The smallest absolute Gasteiger partial charge is 0.240 e. The Labute approximate surface area is 179 Å². The average molecular weight is 419 g/mol. The molecule has 31 heavy (non-hydrogen) atoms. The van der Waals surface area contributed by atoms with E-state index in [0.29, 0.717) is 5.69 Å². The highest BCUT2D eigenvalue weighted by molar-refractivity contribution is 6.24. The lowest BCUT2D eigenvalue weighted by molar-refractivity contribution is -0.136. The van der Waals surface area contributed by atoms with Crippen molar-refractivity contribution in [2.24, 2.45) is 22.4 Å². The van der Waals surface area contributed by atoms with E-state index < -0.39 is 41.1 Å². The number of carbonyl (C=O) groups is 3. The fraction of sp³-hybridized carbons (Fsp3) is 0.333. The summed E-state index contributed by atoms with van der Waals surface area (Å²) in [6.07, 6.45) is 1.68. The standard InChI is InChI=1S/C24H22FN3O3/c1-24(2,3)21(29)20-18-17(19-16-7-5-4-6-13(16)12-26-28(19)20)22(30)27(23(18)31)15-10-8-14(25)9-11-15/h4-12,17-20H,1-3H3/t17-,18+,19-,20-/m1/s1. The number of hydrazone groups is 1. The van der Waals surface area contributed by atoms with Gasteiger partial charge in [-0.3, -0.25) is 19.4 Å². The number of imide groups is 1. The summed E-state index contributed by atoms with van der Waals surface area (Å²) < 4.78 is 13.4. The van der Waals surface area contributed by atoms with Gasteiger partial charge in [-0.15, -0.1) is 0 Å². The van der Waals surface area contributed by atoms with Crippen LogP contribution >= 0.6 is 0 Å². The maximum absolute atomic E-state index is 13.6. The Morgan fingerprint density at radius 2 is 1.61 bits per heavy atom. The third kappa shape index (κ3) is 2.76. The summed E-state index contributed by atoms with van der Waals surface area (Å²) >= 11 is 0. The number of carbonyl (C=O) groups excluding carboxylic acids is 3. The van der Waals surface area contributed by atoms with E-state index in [2.05, 4.69) is 5.10 Å². The quantitative estimate of drug-likeness (QED) is 0.701. The number of ketones is 1. The van der Waals surface area contributed by atoms with E-state index >= 15 is 0 Å². The maximum atomic E-state index is 13.6. The minimum atomic E-state index is -0.849. The molecule has 0 spiro atoms. The van der Waals surface area contributed by atoms with Crippen molar-refractivity contribution >= 4 is 29.5 Å². The van der Waals surface area contributed by atoms with Gasteiger partial charge in [0, 0.05) is 5.41 Å². The van der Waals surface area contributed by atoms with Crippen LogP contribution in [-0.4, -0.2) is 34.9 Å². The molecule has 2 amide bonds. The van der Waals surface area contributed by atoms with Crippen molar-refractivity contribution in [3.63, 3.8) is 0 Å². The van der Waals surface area contributed by atoms with Gasteiger partial charge in [-0.1, -0.05) is 45.0 Å². The Hall–Kier alpha value is -3.35. The van der Waals surface area contributed by atoms with Crippen molar-refractivity contribution in [3.05, 3.63) is 65.5 Å². The van der Waals surface area contributed by atoms with E-state index in [0.717, 1.165) is 16.0 Å². The number of amides is 2. The highest BCUT2D eigenvalue weighted by atomic mass is 19.1. The Morgan fingerprint density at radius 3 is 2.29 bits per heavy atom. The molecule has 6 nitrogen and oxygen atoms in total. The first-order valence-corrected chi connectivity index (χ1v) is 10.3. The van der Waals surface area contributed by atoms with Gasteiger partial charge < -0.3 is 0 Å². The molecular formula is C24H22FN3O3. The van der Waals surface area contributed by atoms with Gasteiger partial charge in [0.15, 0.2) is 5.78 Å². The molecule has 0 unspecified atom stereocenters. The van der Waals surface area contributed by atoms with Crippen LogP contribution in [0.1, 0.15) is 37.9 Å². The second kappa shape index (κ2) is 6.57. The zero-order chi connectivity index (χ0) is 22.1. The van der Waals surface area contributed by atoms with Crippen molar-refractivity contribution < 1.29 is 18.8 Å². The van der Waals surface area contributed by atoms with Crippen LogP contribution in [0.4, 0.5) is 10.1 Å². The Balaban J connectivity index is 1.66.